The van der Waals surface area contributed by atoms with Crippen molar-refractivity contribution >= 4 is 22.9 Å². The average Bonchev–Trinajstić information content (AvgIpc) is 2.83. The van der Waals surface area contributed by atoms with Gasteiger partial charge in [0.05, 0.1) is 11.4 Å². The molecule has 4 rings (SSSR count). The number of hydrogen-bond donors (Lipinski definition) is 3. The van der Waals surface area contributed by atoms with Crippen LogP contribution in [0.5, 0.6) is 0 Å². The first-order valence-corrected chi connectivity index (χ1v) is 10.7. The number of benzene rings is 2. The number of pyridine rings is 1. The lowest BCUT2D eigenvalue weighted by Gasteiger charge is -2.13. The molecule has 0 atom stereocenters. The van der Waals surface area contributed by atoms with Crippen molar-refractivity contribution in [3.05, 3.63) is 93.9 Å². The van der Waals surface area contributed by atoms with Gasteiger partial charge in [0.15, 0.2) is 5.65 Å². The number of amides is 1. The number of aryl methyl sites for hydroxylation is 1. The van der Waals surface area contributed by atoms with Gasteiger partial charge in [-0.25, -0.2) is 4.98 Å². The van der Waals surface area contributed by atoms with Gasteiger partial charge < -0.3 is 15.7 Å². The Kier molecular flexibility index (Phi) is 6.75. The maximum Gasteiger partial charge on any atom is 0.256 e. The minimum Gasteiger partial charge on any atom is -0.396 e. The fourth-order valence-corrected chi connectivity index (χ4v) is 3.52. The average molecular weight is 444 g/mol. The molecule has 0 aliphatic heterocycles. The molecule has 0 aliphatic rings. The molecule has 2 aromatic carbocycles. The van der Waals surface area contributed by atoms with Gasteiger partial charge in [-0.05, 0) is 49.2 Å². The zero-order chi connectivity index (χ0) is 23.2. The maximum absolute atomic E-state index is 12.8. The third kappa shape index (κ3) is 5.07. The van der Waals surface area contributed by atoms with E-state index < -0.39 is 0 Å². The zero-order valence-corrected chi connectivity index (χ0v) is 18.3. The highest BCUT2D eigenvalue weighted by atomic mass is 16.3. The number of hydrogen-bond acceptors (Lipinski definition) is 6. The van der Waals surface area contributed by atoms with Crippen molar-refractivity contribution in [2.75, 3.05) is 18.5 Å². The number of rotatable bonds is 8. The van der Waals surface area contributed by atoms with Gasteiger partial charge in [0.2, 0.25) is 5.95 Å². The molecule has 2 heterocycles. The lowest BCUT2D eigenvalue weighted by molar-refractivity contribution is 0.0951. The minimum absolute atomic E-state index is 0.0205. The van der Waals surface area contributed by atoms with Crippen LogP contribution in [0.15, 0.2) is 71.5 Å². The molecule has 2 aromatic heterocycles. The molecule has 4 aromatic rings. The largest absolute Gasteiger partial charge is 0.396 e. The number of nitrogens with zero attached hydrogens (tertiary/aromatic N) is 3. The van der Waals surface area contributed by atoms with Crippen molar-refractivity contribution in [3.8, 4) is 5.69 Å². The van der Waals surface area contributed by atoms with Gasteiger partial charge in [-0.3, -0.25) is 14.2 Å². The topological polar surface area (TPSA) is 109 Å². The Hall–Kier alpha value is -4.04. The second-order valence-corrected chi connectivity index (χ2v) is 7.60. The van der Waals surface area contributed by atoms with E-state index >= 15 is 0 Å². The summed E-state index contributed by atoms with van der Waals surface area (Å²) in [5.74, 6) is 0.203. The highest BCUT2D eigenvalue weighted by Crippen LogP contribution is 2.19. The molecule has 0 aliphatic carbocycles. The van der Waals surface area contributed by atoms with E-state index in [-0.39, 0.29) is 18.1 Å². The van der Waals surface area contributed by atoms with Crippen LogP contribution < -0.4 is 16.2 Å². The number of carbonyl (C=O) groups excluding carboxylic acids is 1. The first kappa shape index (κ1) is 22.2. The van der Waals surface area contributed by atoms with Crippen molar-refractivity contribution in [1.29, 1.82) is 0 Å². The van der Waals surface area contributed by atoms with Crippen LogP contribution in [-0.2, 0) is 6.54 Å². The van der Waals surface area contributed by atoms with E-state index in [0.29, 0.717) is 42.4 Å². The van der Waals surface area contributed by atoms with Crippen molar-refractivity contribution in [1.82, 2.24) is 19.9 Å². The van der Waals surface area contributed by atoms with E-state index in [1.165, 1.54) is 10.6 Å². The fourth-order valence-electron chi connectivity index (χ4n) is 3.52. The van der Waals surface area contributed by atoms with Gasteiger partial charge in [0, 0.05) is 36.7 Å². The summed E-state index contributed by atoms with van der Waals surface area (Å²) in [5, 5.41) is 15.6. The molecule has 0 saturated heterocycles. The van der Waals surface area contributed by atoms with Gasteiger partial charge in [-0.1, -0.05) is 30.3 Å². The monoisotopic (exact) mass is 443 g/mol. The maximum atomic E-state index is 12.8. The van der Waals surface area contributed by atoms with Crippen LogP contribution in [0, 0.1) is 6.92 Å². The smallest absolute Gasteiger partial charge is 0.256 e. The number of aliphatic hydroxyl groups is 1. The molecule has 33 heavy (non-hydrogen) atoms. The Morgan fingerprint density at radius 3 is 2.48 bits per heavy atom. The minimum atomic E-state index is -0.231. The Balaban J connectivity index is 1.66. The van der Waals surface area contributed by atoms with Gasteiger partial charge in [0.25, 0.3) is 11.5 Å². The molecular formula is C25H25N5O3. The van der Waals surface area contributed by atoms with E-state index in [0.717, 1.165) is 16.6 Å². The third-order valence-corrected chi connectivity index (χ3v) is 5.24. The van der Waals surface area contributed by atoms with E-state index in [4.69, 9.17) is 5.11 Å². The van der Waals surface area contributed by atoms with Crippen LogP contribution in [0.2, 0.25) is 0 Å². The highest BCUT2D eigenvalue weighted by molar-refractivity contribution is 5.94. The molecule has 1 amide bonds. The predicted molar refractivity (Wildman–Crippen MR) is 128 cm³/mol. The van der Waals surface area contributed by atoms with Gasteiger partial charge in [-0.15, -0.1) is 0 Å². The molecule has 8 heteroatoms. The number of aromatic nitrogens is 3. The Morgan fingerprint density at radius 1 is 1.00 bits per heavy atom. The summed E-state index contributed by atoms with van der Waals surface area (Å²) < 4.78 is 1.52. The van der Waals surface area contributed by atoms with Crippen molar-refractivity contribution in [3.63, 3.8) is 0 Å². The standard InChI is InChI=1S/C25H25N5O3/c1-17-21-12-13-22(32)30(20-10-8-19(9-11-20)24(33)26-14-5-15-31)23(21)29-25(28-17)27-16-18-6-3-2-4-7-18/h2-4,6-13,31H,5,14-16H2,1H3,(H,26,33)(H,27,28,29). The van der Waals surface area contributed by atoms with Crippen molar-refractivity contribution in [2.24, 2.45) is 0 Å². The Morgan fingerprint density at radius 2 is 1.76 bits per heavy atom. The van der Waals surface area contributed by atoms with Crippen molar-refractivity contribution < 1.29 is 9.90 Å². The molecule has 0 radical (unpaired) electrons. The number of fused-ring (bicyclic) bond motifs is 1. The molecule has 0 unspecified atom stereocenters. The normalized spacial score (nSPS) is 10.8. The summed E-state index contributed by atoms with van der Waals surface area (Å²) >= 11 is 0. The number of anilines is 1. The lowest BCUT2D eigenvalue weighted by atomic mass is 10.1. The molecule has 0 bridgehead atoms. The quantitative estimate of drug-likeness (QED) is 0.361. The molecule has 0 spiro atoms. The summed E-state index contributed by atoms with van der Waals surface area (Å²) in [5.41, 5.74) is 3.19. The molecular weight excluding hydrogens is 418 g/mol. The van der Waals surface area contributed by atoms with E-state index in [1.54, 1.807) is 30.3 Å². The number of carbonyl (C=O) groups is 1. The molecule has 3 N–H and O–H groups in total. The zero-order valence-electron chi connectivity index (χ0n) is 18.3. The van der Waals surface area contributed by atoms with Crippen LogP contribution in [0.4, 0.5) is 5.95 Å². The predicted octanol–water partition coefficient (Wildman–Crippen LogP) is 2.81. The summed E-state index contributed by atoms with van der Waals surface area (Å²) in [6, 6.07) is 19.9. The van der Waals surface area contributed by atoms with E-state index in [1.807, 2.05) is 37.3 Å². The van der Waals surface area contributed by atoms with Crippen LogP contribution in [0.25, 0.3) is 16.7 Å². The summed E-state index contributed by atoms with van der Waals surface area (Å²) in [7, 11) is 0. The van der Waals surface area contributed by atoms with E-state index in [9.17, 15) is 9.59 Å². The number of nitrogens with one attached hydrogen (secondary N) is 2. The van der Waals surface area contributed by atoms with Crippen molar-refractivity contribution in [2.45, 2.75) is 19.9 Å². The van der Waals surface area contributed by atoms with E-state index in [2.05, 4.69) is 20.6 Å². The number of aliphatic hydroxyl groups excluding tert-OH is 1. The molecule has 0 saturated carbocycles. The lowest BCUT2D eigenvalue weighted by Crippen LogP contribution is -2.25. The van der Waals surface area contributed by atoms with Gasteiger partial charge in [0.1, 0.15) is 0 Å². The van der Waals surface area contributed by atoms with Crippen LogP contribution in [0.1, 0.15) is 28.0 Å². The van der Waals surface area contributed by atoms with Crippen LogP contribution in [0.3, 0.4) is 0 Å². The second kappa shape index (κ2) is 10.1. The fraction of sp³-hybridized carbons (Fsp3) is 0.200. The molecule has 8 nitrogen and oxygen atoms in total. The summed E-state index contributed by atoms with van der Waals surface area (Å²) in [6.45, 7) is 2.86. The summed E-state index contributed by atoms with van der Waals surface area (Å²) in [6.07, 6.45) is 0.495. The Bertz CT molecular complexity index is 1320. The first-order chi connectivity index (χ1) is 16.1. The third-order valence-electron chi connectivity index (χ3n) is 5.24. The summed E-state index contributed by atoms with van der Waals surface area (Å²) in [4.78, 5) is 34.2. The SMILES string of the molecule is Cc1nc(NCc2ccccc2)nc2c1ccc(=O)n2-c1ccc(C(=O)NCCCO)cc1. The van der Waals surface area contributed by atoms with Crippen LogP contribution in [-0.4, -0.2) is 38.7 Å². The molecule has 0 fully saturated rings. The second-order valence-electron chi connectivity index (χ2n) is 7.60. The van der Waals surface area contributed by atoms with Gasteiger partial charge in [-0.2, -0.15) is 4.98 Å². The van der Waals surface area contributed by atoms with Crippen LogP contribution >= 0.6 is 0 Å². The van der Waals surface area contributed by atoms with Gasteiger partial charge >= 0.3 is 0 Å². The highest BCUT2D eigenvalue weighted by Gasteiger charge is 2.13. The Labute approximate surface area is 191 Å². The first-order valence-electron chi connectivity index (χ1n) is 10.7. The molecule has 168 valence electrons.